The van der Waals surface area contributed by atoms with Crippen LogP contribution < -0.4 is 15.8 Å². The minimum absolute atomic E-state index is 0.0366. The number of halogens is 5. The number of nitrogens with one attached hydrogen (secondary N) is 1. The van der Waals surface area contributed by atoms with Gasteiger partial charge in [-0.15, -0.1) is 0 Å². The molecule has 318 valence electrons. The number of piperidine rings is 1. The molecular formula is C43H55Cl2F3N4O5S. The number of hydrogen-bond donors (Lipinski definition) is 2. The molecule has 1 saturated heterocycles. The van der Waals surface area contributed by atoms with Crippen molar-refractivity contribution >= 4 is 55.7 Å². The summed E-state index contributed by atoms with van der Waals surface area (Å²) in [5, 5.41) is 5.43. The number of hydrogen-bond acceptors (Lipinski definition) is 7. The second-order valence-electron chi connectivity index (χ2n) is 15.9. The molecule has 0 spiro atoms. The van der Waals surface area contributed by atoms with E-state index in [1.165, 1.54) is 0 Å². The Morgan fingerprint density at radius 1 is 0.879 bits per heavy atom. The molecule has 5 rings (SSSR count). The van der Waals surface area contributed by atoms with Gasteiger partial charge in [0.15, 0.2) is 0 Å². The first-order chi connectivity index (χ1) is 27.2. The highest BCUT2D eigenvalue weighted by molar-refractivity contribution is 7.90. The number of nitrogens with two attached hydrogens (primary N) is 1. The van der Waals surface area contributed by atoms with E-state index in [4.69, 9.17) is 43.4 Å². The number of amides is 1. The van der Waals surface area contributed by atoms with Crippen LogP contribution in [0.1, 0.15) is 102 Å². The standard InChI is InChI=1S/C34H35Cl2F3N4O4S.C9H20O/c35-25-10-5-22(6-11-25)33(23-7-12-26(36)13-8-23)24-9-14-29-28(20-24)30(21-32(42-29)47-19-3-1-2-4-31(40)44)41-27-15-17-43(18-16-27)48(45,46)34(37,38)39;1-8(2)6-7-10-9(3,4)5/h5-14,20-21,27,33H,1-4,15-19H2,(H2,40,44)(H,41,42);8H,6-7H2,1-5H3. The van der Waals surface area contributed by atoms with E-state index < -0.39 is 15.5 Å². The number of alkyl halides is 3. The third-order valence-corrected chi connectivity index (χ3v) is 11.7. The molecular weight excluding hydrogens is 812 g/mol. The number of primary amides is 1. The van der Waals surface area contributed by atoms with Crippen molar-refractivity contribution in [1.82, 2.24) is 9.29 Å². The lowest BCUT2D eigenvalue weighted by Gasteiger charge is -2.32. The molecule has 1 aromatic heterocycles. The van der Waals surface area contributed by atoms with Gasteiger partial charge in [0.1, 0.15) is 0 Å². The minimum atomic E-state index is -5.40. The molecule has 0 saturated carbocycles. The van der Waals surface area contributed by atoms with Crippen LogP contribution in [0.2, 0.25) is 10.0 Å². The van der Waals surface area contributed by atoms with Crippen LogP contribution in [0.25, 0.3) is 10.9 Å². The Morgan fingerprint density at radius 3 is 1.97 bits per heavy atom. The van der Waals surface area contributed by atoms with Gasteiger partial charge >= 0.3 is 15.5 Å². The number of benzene rings is 3. The molecule has 3 aromatic carbocycles. The highest BCUT2D eigenvalue weighted by atomic mass is 35.5. The largest absolute Gasteiger partial charge is 0.511 e. The molecule has 0 radical (unpaired) electrons. The molecule has 9 nitrogen and oxygen atoms in total. The van der Waals surface area contributed by atoms with Crippen molar-refractivity contribution in [3.63, 3.8) is 0 Å². The number of carbonyl (C=O) groups is 1. The predicted molar refractivity (Wildman–Crippen MR) is 227 cm³/mol. The van der Waals surface area contributed by atoms with Gasteiger partial charge in [-0.2, -0.15) is 17.5 Å². The number of pyridine rings is 1. The van der Waals surface area contributed by atoms with Crippen LogP contribution in [0.4, 0.5) is 18.9 Å². The number of anilines is 1. The van der Waals surface area contributed by atoms with Gasteiger partial charge < -0.3 is 20.5 Å². The summed E-state index contributed by atoms with van der Waals surface area (Å²) in [6.45, 7) is 11.4. The third kappa shape index (κ3) is 14.3. The van der Waals surface area contributed by atoms with E-state index in [1.807, 2.05) is 66.7 Å². The number of fused-ring (bicyclic) bond motifs is 1. The molecule has 2 heterocycles. The Morgan fingerprint density at radius 2 is 1.45 bits per heavy atom. The molecule has 4 aromatic rings. The molecule has 1 amide bonds. The summed E-state index contributed by atoms with van der Waals surface area (Å²) in [5.41, 5.74) is 4.15. The first-order valence-electron chi connectivity index (χ1n) is 19.6. The van der Waals surface area contributed by atoms with Crippen LogP contribution in [0, 0.1) is 5.92 Å². The van der Waals surface area contributed by atoms with Gasteiger partial charge in [0.05, 0.1) is 17.7 Å². The fraction of sp³-hybridized carbons (Fsp3) is 0.488. The van der Waals surface area contributed by atoms with Crippen LogP contribution in [0.3, 0.4) is 0 Å². The number of carbonyl (C=O) groups excluding carboxylic acids is 1. The van der Waals surface area contributed by atoms with Crippen molar-refractivity contribution in [3.05, 3.63) is 99.5 Å². The van der Waals surface area contributed by atoms with Crippen molar-refractivity contribution in [2.45, 2.75) is 103 Å². The maximum absolute atomic E-state index is 13.2. The van der Waals surface area contributed by atoms with E-state index in [0.717, 1.165) is 47.4 Å². The summed E-state index contributed by atoms with van der Waals surface area (Å²) in [6.07, 6.45) is 3.91. The van der Waals surface area contributed by atoms with Crippen LogP contribution in [-0.2, 0) is 19.6 Å². The molecule has 0 atom stereocenters. The molecule has 0 bridgehead atoms. The average Bonchev–Trinajstić information content (AvgIpc) is 3.14. The summed E-state index contributed by atoms with van der Waals surface area (Å²) < 4.78 is 75.5. The van der Waals surface area contributed by atoms with E-state index in [0.29, 0.717) is 57.3 Å². The monoisotopic (exact) mass is 866 g/mol. The Balaban J connectivity index is 0.000000657. The molecule has 3 N–H and O–H groups in total. The number of unbranched alkanes of at least 4 members (excludes halogenated alkanes) is 2. The number of sulfonamides is 1. The summed E-state index contributed by atoms with van der Waals surface area (Å²) in [4.78, 5) is 15.8. The quantitative estimate of drug-likeness (QED) is 0.0849. The summed E-state index contributed by atoms with van der Waals surface area (Å²) in [7, 11) is -5.40. The predicted octanol–water partition coefficient (Wildman–Crippen LogP) is 10.7. The second kappa shape index (κ2) is 21.1. The van der Waals surface area contributed by atoms with Gasteiger partial charge in [-0.3, -0.25) is 4.79 Å². The molecule has 15 heteroatoms. The SMILES string of the molecule is CC(C)CCOC(C)(C)C.NC(=O)CCCCCOc1cc(NC2CCN(S(=O)(=O)C(F)(F)F)CC2)c2cc(C(c3ccc(Cl)cc3)c3ccc(Cl)cc3)ccc2n1. The van der Waals surface area contributed by atoms with Crippen molar-refractivity contribution in [2.24, 2.45) is 11.7 Å². The number of rotatable bonds is 16. The van der Waals surface area contributed by atoms with Gasteiger partial charge in [0, 0.05) is 65.3 Å². The van der Waals surface area contributed by atoms with E-state index in [-0.39, 0.29) is 49.4 Å². The van der Waals surface area contributed by atoms with Crippen LogP contribution in [-0.4, -0.2) is 67.1 Å². The fourth-order valence-corrected chi connectivity index (χ4v) is 7.68. The second-order valence-corrected chi connectivity index (χ2v) is 18.7. The number of ether oxygens (including phenoxy) is 2. The summed E-state index contributed by atoms with van der Waals surface area (Å²) >= 11 is 12.4. The topological polar surface area (TPSA) is 124 Å². The van der Waals surface area contributed by atoms with Gasteiger partial charge in [-0.05, 0) is 118 Å². The lowest BCUT2D eigenvalue weighted by atomic mass is 9.84. The smallest absolute Gasteiger partial charge is 0.478 e. The van der Waals surface area contributed by atoms with Crippen molar-refractivity contribution in [2.75, 3.05) is 31.6 Å². The maximum atomic E-state index is 13.2. The van der Waals surface area contributed by atoms with Crippen LogP contribution in [0.15, 0.2) is 72.8 Å². The van der Waals surface area contributed by atoms with E-state index in [2.05, 4.69) is 39.9 Å². The molecule has 1 aliphatic heterocycles. The maximum Gasteiger partial charge on any atom is 0.511 e. The van der Waals surface area contributed by atoms with E-state index in [9.17, 15) is 26.4 Å². The fourth-order valence-electron chi connectivity index (χ4n) is 6.44. The third-order valence-electron chi connectivity index (χ3n) is 9.54. The molecule has 0 aliphatic carbocycles. The van der Waals surface area contributed by atoms with Crippen molar-refractivity contribution < 1.29 is 35.9 Å². The van der Waals surface area contributed by atoms with Gasteiger partial charge in [0.25, 0.3) is 0 Å². The Bertz CT molecular complexity index is 1990. The zero-order valence-electron chi connectivity index (χ0n) is 33.7. The lowest BCUT2D eigenvalue weighted by molar-refractivity contribution is -0.118. The normalized spacial score (nSPS) is 14.4. The molecule has 1 aliphatic rings. The zero-order valence-corrected chi connectivity index (χ0v) is 36.1. The van der Waals surface area contributed by atoms with E-state index >= 15 is 0 Å². The number of aromatic nitrogens is 1. The van der Waals surface area contributed by atoms with E-state index in [1.54, 1.807) is 6.07 Å². The summed E-state index contributed by atoms with van der Waals surface area (Å²) in [6, 6.07) is 22.5. The lowest BCUT2D eigenvalue weighted by Crippen LogP contribution is -2.47. The Kier molecular flexibility index (Phi) is 17.1. The Labute approximate surface area is 350 Å². The first kappa shape index (κ1) is 47.1. The summed E-state index contributed by atoms with van der Waals surface area (Å²) in [5.74, 6) is 0.571. The highest BCUT2D eigenvalue weighted by Gasteiger charge is 2.50. The molecule has 0 unspecified atom stereocenters. The highest BCUT2D eigenvalue weighted by Crippen LogP contribution is 2.38. The first-order valence-corrected chi connectivity index (χ1v) is 21.8. The van der Waals surface area contributed by atoms with Gasteiger partial charge in [0.2, 0.25) is 11.8 Å². The molecule has 1 fully saturated rings. The molecule has 58 heavy (non-hydrogen) atoms. The van der Waals surface area contributed by atoms with Crippen molar-refractivity contribution in [1.29, 1.82) is 0 Å². The number of nitrogens with zero attached hydrogens (tertiary/aromatic N) is 2. The van der Waals surface area contributed by atoms with Crippen LogP contribution in [0.5, 0.6) is 5.88 Å². The Hall–Kier alpha value is -3.62. The van der Waals surface area contributed by atoms with Gasteiger partial charge in [-0.1, -0.05) is 67.4 Å². The average molecular weight is 868 g/mol. The van der Waals surface area contributed by atoms with Crippen LogP contribution >= 0.6 is 23.2 Å². The zero-order chi connectivity index (χ0) is 42.7. The minimum Gasteiger partial charge on any atom is -0.478 e. The van der Waals surface area contributed by atoms with Crippen molar-refractivity contribution in [3.8, 4) is 5.88 Å². The van der Waals surface area contributed by atoms with Gasteiger partial charge in [-0.25, -0.2) is 13.4 Å².